The first-order valence-electron chi connectivity index (χ1n) is 9.79. The number of rotatable bonds is 0. The molecule has 0 saturated carbocycles. The van der Waals surface area contributed by atoms with Gasteiger partial charge in [0.05, 0.1) is 0 Å². The maximum absolute atomic E-state index is 13.3. The molecule has 0 radical (unpaired) electrons. The smallest absolute Gasteiger partial charge is 0.320 e. The number of fused-ring (bicyclic) bond motifs is 4. The molecule has 2 heterocycles. The standard InChI is InChI=1S/C21H31N3O/c1-20(2)18-14-15-13-16(22)7-8-17(15)21(20,3)9-12-24(18)19(25)23-10-5-4-6-11-23/h7-8,13,18H,4-6,9-12,14,22H2,1-3H3/t18-,21+/m1/s1. The Morgan fingerprint density at radius 2 is 1.84 bits per heavy atom. The summed E-state index contributed by atoms with van der Waals surface area (Å²) in [5.41, 5.74) is 9.82. The summed E-state index contributed by atoms with van der Waals surface area (Å²) in [6, 6.07) is 6.89. The van der Waals surface area contributed by atoms with Crippen LogP contribution in [0.5, 0.6) is 0 Å². The average Bonchev–Trinajstić information content (AvgIpc) is 2.58. The van der Waals surface area contributed by atoms with E-state index >= 15 is 0 Å². The van der Waals surface area contributed by atoms with E-state index in [9.17, 15) is 4.79 Å². The van der Waals surface area contributed by atoms with E-state index in [1.165, 1.54) is 17.5 Å². The number of hydrogen-bond donors (Lipinski definition) is 1. The van der Waals surface area contributed by atoms with Crippen LogP contribution in [-0.2, 0) is 11.8 Å². The molecule has 2 fully saturated rings. The maximum Gasteiger partial charge on any atom is 0.320 e. The zero-order valence-electron chi connectivity index (χ0n) is 15.8. The fourth-order valence-electron chi connectivity index (χ4n) is 5.45. The summed E-state index contributed by atoms with van der Waals surface area (Å²) in [7, 11) is 0. The van der Waals surface area contributed by atoms with Crippen LogP contribution < -0.4 is 5.73 Å². The van der Waals surface area contributed by atoms with Gasteiger partial charge in [0.15, 0.2) is 0 Å². The van der Waals surface area contributed by atoms with Crippen LogP contribution in [0.1, 0.15) is 57.6 Å². The van der Waals surface area contributed by atoms with Gasteiger partial charge in [0.1, 0.15) is 0 Å². The van der Waals surface area contributed by atoms with Crippen molar-refractivity contribution in [1.29, 1.82) is 0 Å². The van der Waals surface area contributed by atoms with Gasteiger partial charge in [0, 0.05) is 36.8 Å². The highest BCUT2D eigenvalue weighted by molar-refractivity contribution is 5.75. The first kappa shape index (κ1) is 16.7. The zero-order valence-corrected chi connectivity index (χ0v) is 15.8. The van der Waals surface area contributed by atoms with Gasteiger partial charge >= 0.3 is 6.03 Å². The monoisotopic (exact) mass is 341 g/mol. The number of nitrogens with two attached hydrogens (primary N) is 1. The summed E-state index contributed by atoms with van der Waals surface area (Å²) >= 11 is 0. The lowest BCUT2D eigenvalue weighted by Gasteiger charge is -2.61. The van der Waals surface area contributed by atoms with Crippen LogP contribution in [0.4, 0.5) is 10.5 Å². The Labute approximate surface area is 151 Å². The summed E-state index contributed by atoms with van der Waals surface area (Å²) in [5.74, 6) is 0. The van der Waals surface area contributed by atoms with Crippen molar-refractivity contribution >= 4 is 11.7 Å². The van der Waals surface area contributed by atoms with E-state index in [1.807, 2.05) is 6.07 Å². The highest BCUT2D eigenvalue weighted by atomic mass is 16.2. The number of carbonyl (C=O) groups excluding carboxylic acids is 1. The Kier molecular flexibility index (Phi) is 3.78. The number of urea groups is 1. The van der Waals surface area contributed by atoms with E-state index in [4.69, 9.17) is 5.73 Å². The number of likely N-dealkylation sites (tertiary alicyclic amines) is 2. The molecule has 2 bridgehead atoms. The van der Waals surface area contributed by atoms with Crippen LogP contribution in [-0.4, -0.2) is 41.5 Å². The van der Waals surface area contributed by atoms with Crippen molar-refractivity contribution in [2.45, 2.75) is 64.3 Å². The quantitative estimate of drug-likeness (QED) is 0.730. The number of hydrogen-bond acceptors (Lipinski definition) is 2. The van der Waals surface area contributed by atoms with Crippen LogP contribution in [0.2, 0.25) is 0 Å². The Bertz CT molecular complexity index is 692. The Morgan fingerprint density at radius 3 is 2.56 bits per heavy atom. The lowest BCUT2D eigenvalue weighted by atomic mass is 9.51. The third kappa shape index (κ3) is 2.37. The lowest BCUT2D eigenvalue weighted by molar-refractivity contribution is -0.0242. The molecule has 2 atom stereocenters. The number of benzene rings is 1. The third-order valence-electron chi connectivity index (χ3n) is 7.49. The number of anilines is 1. The summed E-state index contributed by atoms with van der Waals surface area (Å²) in [5, 5.41) is 0. The van der Waals surface area contributed by atoms with Crippen LogP contribution in [0, 0.1) is 5.41 Å². The van der Waals surface area contributed by atoms with E-state index < -0.39 is 0 Å². The molecule has 0 aromatic heterocycles. The first-order chi connectivity index (χ1) is 11.8. The minimum Gasteiger partial charge on any atom is -0.399 e. The fraction of sp³-hybridized carbons (Fsp3) is 0.667. The van der Waals surface area contributed by atoms with Gasteiger partial charge in [-0.25, -0.2) is 4.79 Å². The fourth-order valence-corrected chi connectivity index (χ4v) is 5.45. The molecule has 3 aliphatic rings. The molecular formula is C21H31N3O. The summed E-state index contributed by atoms with van der Waals surface area (Å²) in [6.07, 6.45) is 5.48. The van der Waals surface area contributed by atoms with Gasteiger partial charge in [0.25, 0.3) is 0 Å². The van der Waals surface area contributed by atoms with Gasteiger partial charge < -0.3 is 15.5 Å². The molecule has 2 saturated heterocycles. The molecular weight excluding hydrogens is 310 g/mol. The first-order valence-corrected chi connectivity index (χ1v) is 9.79. The lowest BCUT2D eigenvalue weighted by Crippen LogP contribution is -2.66. The molecule has 2 N–H and O–H groups in total. The number of nitrogen functional groups attached to an aromatic ring is 1. The topological polar surface area (TPSA) is 49.6 Å². The van der Waals surface area contributed by atoms with Gasteiger partial charge in [-0.2, -0.15) is 0 Å². The van der Waals surface area contributed by atoms with Gasteiger partial charge in [-0.1, -0.05) is 26.8 Å². The molecule has 0 unspecified atom stereocenters. The zero-order chi connectivity index (χ0) is 17.8. The van der Waals surface area contributed by atoms with Crippen LogP contribution in [0.25, 0.3) is 0 Å². The summed E-state index contributed by atoms with van der Waals surface area (Å²) in [4.78, 5) is 17.5. The molecule has 25 heavy (non-hydrogen) atoms. The van der Waals surface area contributed by atoms with Crippen molar-refractivity contribution in [1.82, 2.24) is 9.80 Å². The molecule has 4 heteroatoms. The van der Waals surface area contributed by atoms with E-state index in [-0.39, 0.29) is 22.9 Å². The minimum atomic E-state index is 0.0554. The third-order valence-corrected chi connectivity index (χ3v) is 7.49. The second-order valence-electron chi connectivity index (χ2n) is 8.96. The number of amides is 2. The molecule has 136 valence electrons. The van der Waals surface area contributed by atoms with Crippen molar-refractivity contribution in [3.05, 3.63) is 29.3 Å². The number of piperidine rings is 2. The molecule has 1 aromatic carbocycles. The second kappa shape index (κ2) is 5.65. The molecule has 1 aliphatic carbocycles. The SMILES string of the molecule is CC1(C)[C@H]2Cc3cc(N)ccc3[C@]1(C)CCN2C(=O)N1CCCCC1. The van der Waals surface area contributed by atoms with Gasteiger partial charge in [-0.05, 0) is 60.8 Å². The second-order valence-corrected chi connectivity index (χ2v) is 8.96. The predicted molar refractivity (Wildman–Crippen MR) is 102 cm³/mol. The van der Waals surface area contributed by atoms with E-state index in [0.29, 0.717) is 0 Å². The van der Waals surface area contributed by atoms with E-state index in [0.717, 1.165) is 51.0 Å². The van der Waals surface area contributed by atoms with Crippen molar-refractivity contribution in [2.75, 3.05) is 25.4 Å². The Hall–Kier alpha value is -1.71. The van der Waals surface area contributed by atoms with Gasteiger partial charge in [0.2, 0.25) is 0 Å². The van der Waals surface area contributed by atoms with Crippen molar-refractivity contribution < 1.29 is 4.79 Å². The summed E-state index contributed by atoms with van der Waals surface area (Å²) in [6.45, 7) is 9.80. The van der Waals surface area contributed by atoms with E-state index in [1.54, 1.807) is 0 Å². The molecule has 2 aliphatic heterocycles. The molecule has 4 nitrogen and oxygen atoms in total. The average molecular weight is 341 g/mol. The van der Waals surface area contributed by atoms with Crippen LogP contribution in [0.3, 0.4) is 0 Å². The van der Waals surface area contributed by atoms with Crippen molar-refractivity contribution in [3.63, 3.8) is 0 Å². The highest BCUT2D eigenvalue weighted by Crippen LogP contribution is 2.56. The van der Waals surface area contributed by atoms with Gasteiger partial charge in [-0.15, -0.1) is 0 Å². The Balaban J connectivity index is 1.71. The number of carbonyl (C=O) groups is 1. The molecule has 4 rings (SSSR count). The van der Waals surface area contributed by atoms with E-state index in [2.05, 4.69) is 42.7 Å². The largest absolute Gasteiger partial charge is 0.399 e. The summed E-state index contributed by atoms with van der Waals surface area (Å²) < 4.78 is 0. The molecule has 2 amide bonds. The molecule has 1 aromatic rings. The van der Waals surface area contributed by atoms with Crippen molar-refractivity contribution in [2.24, 2.45) is 5.41 Å². The predicted octanol–water partition coefficient (Wildman–Crippen LogP) is 3.79. The normalized spacial score (nSPS) is 30.8. The van der Waals surface area contributed by atoms with Crippen molar-refractivity contribution in [3.8, 4) is 0 Å². The minimum absolute atomic E-state index is 0.0554. The molecule has 0 spiro atoms. The number of nitrogens with zero attached hydrogens (tertiary/aromatic N) is 2. The highest BCUT2D eigenvalue weighted by Gasteiger charge is 2.57. The maximum atomic E-state index is 13.3. The Morgan fingerprint density at radius 1 is 1.12 bits per heavy atom. The van der Waals surface area contributed by atoms with Crippen LogP contribution in [0.15, 0.2) is 18.2 Å². The van der Waals surface area contributed by atoms with Crippen LogP contribution >= 0.6 is 0 Å². The van der Waals surface area contributed by atoms with Gasteiger partial charge in [-0.3, -0.25) is 0 Å².